The fourth-order valence-electron chi connectivity index (χ4n) is 4.93. The molecule has 6 heterocycles. The number of ether oxygens (including phenoxy) is 2. The first kappa shape index (κ1) is 32.1. The van der Waals surface area contributed by atoms with Gasteiger partial charge in [-0.1, -0.05) is 0 Å². The molecule has 0 bridgehead atoms. The van der Waals surface area contributed by atoms with Crippen molar-refractivity contribution in [1.29, 1.82) is 0 Å². The standard InChI is InChI=1S/C21H24F2N8O11P2S/c1-37-9-3-38-43(34,35)41-15-10(40-20(12(15)23)31-7-29-13-16(24)25-5-27-18(13)31)4-39-44(36,45)42-21(14(9)32)30-2-8(22)11-17(30)26-6-28-19(11)33/h2,5-7,9-10,12,14-15,20-21,32H,3-4H2,1H3,(H,34,35)(H,36,45)(H2,24,25,27)(H,26,28,33)/t9-,10-,12-,14-,15-,20-,21-,44?/m1/s1. The molecule has 0 aliphatic carbocycles. The van der Waals surface area contributed by atoms with Gasteiger partial charge >= 0.3 is 14.5 Å². The molecule has 19 nitrogen and oxygen atoms in total. The Hall–Kier alpha value is -2.85. The molecule has 6 rings (SSSR count). The van der Waals surface area contributed by atoms with Gasteiger partial charge in [0.2, 0.25) is 0 Å². The molecule has 45 heavy (non-hydrogen) atoms. The average molecular weight is 696 g/mol. The van der Waals surface area contributed by atoms with Gasteiger partial charge in [0.25, 0.3) is 5.56 Å². The van der Waals surface area contributed by atoms with Gasteiger partial charge in [0.1, 0.15) is 41.6 Å². The monoisotopic (exact) mass is 696 g/mol. The van der Waals surface area contributed by atoms with Crippen molar-refractivity contribution in [1.82, 2.24) is 34.1 Å². The van der Waals surface area contributed by atoms with Crippen LogP contribution in [-0.2, 0) is 43.9 Å². The van der Waals surface area contributed by atoms with Gasteiger partial charge in [-0.3, -0.25) is 27.5 Å². The molecular weight excluding hydrogens is 672 g/mol. The minimum Gasteiger partial charge on any atom is -0.386 e. The minimum absolute atomic E-state index is 0.000252. The number of hydrogen-bond donors (Lipinski definition) is 5. The van der Waals surface area contributed by atoms with Gasteiger partial charge in [-0.25, -0.2) is 33.3 Å². The number of aliphatic hydroxyl groups is 1. The van der Waals surface area contributed by atoms with Crippen LogP contribution >= 0.6 is 14.5 Å². The highest BCUT2D eigenvalue weighted by molar-refractivity contribution is 8.07. The SMILES string of the molecule is CO[C@@H]1COP(=O)(O)O[C@H]2[C@@H](F)[C@H](n3cnc4c(N)ncnc43)O[C@@H]2COP(O)(=S)O[C@@H](n2cc(F)c3c(=O)[nH]cnc32)[C@@H]1O. The summed E-state index contributed by atoms with van der Waals surface area (Å²) in [6.45, 7) is -6.14. The first-order chi connectivity index (χ1) is 21.3. The van der Waals surface area contributed by atoms with Crippen LogP contribution in [0.3, 0.4) is 0 Å². The van der Waals surface area contributed by atoms with Gasteiger partial charge in [0.15, 0.2) is 41.6 Å². The molecule has 9 atom stereocenters. The van der Waals surface area contributed by atoms with E-state index < -0.39 is 87.6 Å². The summed E-state index contributed by atoms with van der Waals surface area (Å²) >= 11 is 5.14. The number of phosphoric ester groups is 1. The summed E-state index contributed by atoms with van der Waals surface area (Å²) in [4.78, 5) is 51.9. The van der Waals surface area contributed by atoms with Crippen molar-refractivity contribution in [3.05, 3.63) is 41.3 Å². The second-order valence-corrected chi connectivity index (χ2v) is 14.0. The van der Waals surface area contributed by atoms with Crippen molar-refractivity contribution in [3.8, 4) is 0 Å². The van der Waals surface area contributed by atoms with Crippen LogP contribution in [0.1, 0.15) is 12.5 Å². The molecule has 6 N–H and O–H groups in total. The Morgan fingerprint density at radius 1 is 1.13 bits per heavy atom. The van der Waals surface area contributed by atoms with E-state index in [2.05, 4.69) is 24.9 Å². The van der Waals surface area contributed by atoms with Crippen LogP contribution in [0.5, 0.6) is 0 Å². The minimum atomic E-state index is -5.14. The lowest BCUT2D eigenvalue weighted by Crippen LogP contribution is -2.40. The van der Waals surface area contributed by atoms with E-state index in [1.807, 2.05) is 0 Å². The van der Waals surface area contributed by atoms with Crippen LogP contribution in [0.2, 0.25) is 0 Å². The number of imidazole rings is 1. The first-order valence-corrected chi connectivity index (χ1v) is 16.9. The molecule has 2 unspecified atom stereocenters. The number of hydrogen-bond acceptors (Lipinski definition) is 15. The third kappa shape index (κ3) is 6.04. The number of phosphoric acid groups is 1. The summed E-state index contributed by atoms with van der Waals surface area (Å²) in [7, 11) is -4.05. The molecule has 0 aromatic carbocycles. The van der Waals surface area contributed by atoms with Crippen LogP contribution in [0.4, 0.5) is 14.6 Å². The van der Waals surface area contributed by atoms with Gasteiger partial charge in [-0.15, -0.1) is 0 Å². The fraction of sp³-hybridized carbons (Fsp3) is 0.476. The number of H-pyrrole nitrogens is 1. The number of aromatic nitrogens is 7. The number of nitrogens with two attached hydrogens (primary N) is 1. The maximum absolute atomic E-state index is 16.0. The molecule has 0 saturated carbocycles. The Morgan fingerprint density at radius 2 is 1.91 bits per heavy atom. The van der Waals surface area contributed by atoms with Crippen molar-refractivity contribution in [3.63, 3.8) is 0 Å². The van der Waals surface area contributed by atoms with Gasteiger partial charge in [-0.05, 0) is 11.8 Å². The number of methoxy groups -OCH3 is 1. The summed E-state index contributed by atoms with van der Waals surface area (Å²) in [6, 6.07) is 0. The molecule has 2 aliphatic rings. The Balaban J connectivity index is 1.37. The number of nitrogens with one attached hydrogen (secondary N) is 1. The molecule has 2 fully saturated rings. The predicted molar refractivity (Wildman–Crippen MR) is 149 cm³/mol. The van der Waals surface area contributed by atoms with Gasteiger partial charge in [0, 0.05) is 13.3 Å². The van der Waals surface area contributed by atoms with Crippen molar-refractivity contribution < 1.29 is 55.8 Å². The van der Waals surface area contributed by atoms with E-state index in [0.717, 1.165) is 41.4 Å². The van der Waals surface area contributed by atoms with Crippen molar-refractivity contribution in [2.45, 2.75) is 43.0 Å². The predicted octanol–water partition coefficient (Wildman–Crippen LogP) is 0.162. The first-order valence-electron chi connectivity index (χ1n) is 12.8. The number of nitrogen functional groups attached to an aromatic ring is 1. The molecule has 4 aromatic rings. The highest BCUT2D eigenvalue weighted by Gasteiger charge is 2.52. The summed E-state index contributed by atoms with van der Waals surface area (Å²) in [5.74, 6) is -1.06. The number of alkyl halides is 1. The number of aliphatic hydroxyl groups excluding tert-OH is 1. The van der Waals surface area contributed by atoms with Crippen LogP contribution in [0, 0.1) is 5.82 Å². The lowest BCUT2D eigenvalue weighted by Gasteiger charge is -2.32. The Labute approximate surface area is 254 Å². The molecule has 0 radical (unpaired) electrons. The van der Waals surface area contributed by atoms with E-state index in [1.54, 1.807) is 0 Å². The van der Waals surface area contributed by atoms with E-state index in [4.69, 9.17) is 45.1 Å². The topological polar surface area (TPSA) is 253 Å². The van der Waals surface area contributed by atoms with Crippen molar-refractivity contribution in [2.75, 3.05) is 26.1 Å². The molecule has 2 aliphatic heterocycles. The Bertz CT molecular complexity index is 1900. The second-order valence-electron chi connectivity index (χ2n) is 9.77. The zero-order chi connectivity index (χ0) is 32.3. The molecule has 0 amide bonds. The largest absolute Gasteiger partial charge is 0.472 e. The van der Waals surface area contributed by atoms with Crippen LogP contribution < -0.4 is 11.3 Å². The quantitative estimate of drug-likeness (QED) is 0.179. The smallest absolute Gasteiger partial charge is 0.386 e. The molecule has 244 valence electrons. The third-order valence-electron chi connectivity index (χ3n) is 7.05. The van der Waals surface area contributed by atoms with Gasteiger partial charge in [0.05, 0.1) is 25.9 Å². The molecule has 24 heteroatoms. The fourth-order valence-corrected chi connectivity index (χ4v) is 7.23. The number of anilines is 1. The van der Waals surface area contributed by atoms with Crippen molar-refractivity contribution in [2.24, 2.45) is 0 Å². The summed E-state index contributed by atoms with van der Waals surface area (Å²) in [5, 5.41) is 10.7. The Kier molecular flexibility index (Phi) is 8.61. The number of halogens is 2. The highest BCUT2D eigenvalue weighted by atomic mass is 32.5. The molecule has 0 spiro atoms. The van der Waals surface area contributed by atoms with Gasteiger partial charge in [-0.2, -0.15) is 0 Å². The lowest BCUT2D eigenvalue weighted by molar-refractivity contribution is -0.109. The average Bonchev–Trinajstić information content (AvgIpc) is 3.65. The van der Waals surface area contributed by atoms with Crippen LogP contribution in [0.15, 0.2) is 30.0 Å². The van der Waals surface area contributed by atoms with E-state index in [0.29, 0.717) is 0 Å². The summed E-state index contributed by atoms with van der Waals surface area (Å²) < 4.78 is 78.0. The molecule has 4 aromatic heterocycles. The highest BCUT2D eigenvalue weighted by Crippen LogP contribution is 2.53. The van der Waals surface area contributed by atoms with Crippen LogP contribution in [-0.4, -0.2) is 99.9 Å². The lowest BCUT2D eigenvalue weighted by atomic mass is 10.1. The number of aromatic amines is 1. The van der Waals surface area contributed by atoms with E-state index in [9.17, 15) is 28.6 Å². The number of rotatable bonds is 3. The zero-order valence-electron chi connectivity index (χ0n) is 22.7. The van der Waals surface area contributed by atoms with Gasteiger partial charge < -0.3 is 39.6 Å². The van der Waals surface area contributed by atoms with Crippen molar-refractivity contribution >= 4 is 54.4 Å². The summed E-state index contributed by atoms with van der Waals surface area (Å²) in [6.07, 6.45) is -8.53. The van der Waals surface area contributed by atoms with E-state index >= 15 is 4.39 Å². The zero-order valence-corrected chi connectivity index (χ0v) is 25.3. The molecule has 2 saturated heterocycles. The van der Waals surface area contributed by atoms with E-state index in [-0.39, 0.29) is 22.6 Å². The Morgan fingerprint density at radius 3 is 2.67 bits per heavy atom. The third-order valence-corrected chi connectivity index (χ3v) is 9.56. The maximum Gasteiger partial charge on any atom is 0.472 e. The normalized spacial score (nSPS) is 35.1. The number of nitrogens with zero attached hydrogens (tertiary/aromatic N) is 6. The molecular formula is C21H24F2N8O11P2S. The van der Waals surface area contributed by atoms with E-state index in [1.165, 1.54) is 0 Å². The van der Waals surface area contributed by atoms with Crippen LogP contribution in [0.25, 0.3) is 22.2 Å². The second kappa shape index (κ2) is 12.1. The summed E-state index contributed by atoms with van der Waals surface area (Å²) in [5.41, 5.74) is 4.83. The maximum atomic E-state index is 16.0. The number of fused-ring (bicyclic) bond motifs is 3.